The third-order valence-electron chi connectivity index (χ3n) is 2.74. The summed E-state index contributed by atoms with van der Waals surface area (Å²) >= 11 is 0. The molecule has 0 fully saturated rings. The van der Waals surface area contributed by atoms with E-state index in [4.69, 9.17) is 0 Å². The second-order valence-electron chi connectivity index (χ2n) is 4.01. The van der Waals surface area contributed by atoms with Crippen LogP contribution < -0.4 is 5.56 Å². The fourth-order valence-electron chi connectivity index (χ4n) is 1.77. The van der Waals surface area contributed by atoms with Gasteiger partial charge in [-0.15, -0.1) is 0 Å². The normalized spacial score (nSPS) is 10.4. The zero-order chi connectivity index (χ0) is 14.0. The van der Waals surface area contributed by atoms with Crippen LogP contribution in [0.1, 0.15) is 10.5 Å². The molecule has 0 N–H and O–H groups in total. The predicted molar refractivity (Wildman–Crippen MR) is 67.1 cm³/mol. The predicted octanol–water partition coefficient (Wildman–Crippen LogP) is 0.978. The number of carbonyl (C=O) groups excluding carboxylic acids is 1. The Kier molecular flexibility index (Phi) is 3.28. The van der Waals surface area contributed by atoms with E-state index < -0.39 is 16.2 Å². The molecule has 98 valence electrons. The summed E-state index contributed by atoms with van der Waals surface area (Å²) in [5.74, 6) is -0.282. The largest absolute Gasteiger partial charge is 0.348 e. The Hall–Kier alpha value is -2.70. The number of carbonyl (C=O) groups is 1. The van der Waals surface area contributed by atoms with Crippen molar-refractivity contribution in [2.45, 2.75) is 6.54 Å². The second-order valence-corrected chi connectivity index (χ2v) is 4.01. The van der Waals surface area contributed by atoms with Crippen LogP contribution in [0, 0.1) is 10.1 Å². The van der Waals surface area contributed by atoms with Crippen molar-refractivity contribution >= 4 is 11.5 Å². The summed E-state index contributed by atoms with van der Waals surface area (Å²) in [6.07, 6.45) is 3.07. The van der Waals surface area contributed by atoms with Crippen LogP contribution >= 0.6 is 0 Å². The zero-order valence-electron chi connectivity index (χ0n) is 10.1. The highest BCUT2D eigenvalue weighted by atomic mass is 16.6. The van der Waals surface area contributed by atoms with Gasteiger partial charge in [-0.2, -0.15) is 0 Å². The molecule has 2 rings (SSSR count). The minimum Gasteiger partial charge on any atom is -0.348 e. The number of rotatable bonds is 4. The smallest absolute Gasteiger partial charge is 0.334 e. The van der Waals surface area contributed by atoms with Gasteiger partial charge in [0.1, 0.15) is 0 Å². The first-order valence-electron chi connectivity index (χ1n) is 5.49. The van der Waals surface area contributed by atoms with E-state index in [0.29, 0.717) is 5.69 Å². The Balaban J connectivity index is 2.33. The van der Waals surface area contributed by atoms with E-state index in [1.807, 2.05) is 0 Å². The van der Waals surface area contributed by atoms with Crippen LogP contribution in [-0.4, -0.2) is 19.8 Å². The Bertz CT molecular complexity index is 699. The molecule has 2 heterocycles. The number of aromatic nitrogens is 2. The van der Waals surface area contributed by atoms with Crippen molar-refractivity contribution < 1.29 is 9.72 Å². The van der Waals surface area contributed by atoms with Crippen LogP contribution in [0.5, 0.6) is 0 Å². The van der Waals surface area contributed by atoms with Gasteiger partial charge in [0.15, 0.2) is 5.78 Å². The molecule has 0 spiro atoms. The van der Waals surface area contributed by atoms with Crippen molar-refractivity contribution in [1.82, 2.24) is 9.13 Å². The highest BCUT2D eigenvalue weighted by Gasteiger charge is 2.16. The summed E-state index contributed by atoms with van der Waals surface area (Å²) in [7, 11) is 1.71. The molecule has 0 radical (unpaired) electrons. The molecule has 7 nitrogen and oxygen atoms in total. The average molecular weight is 261 g/mol. The van der Waals surface area contributed by atoms with E-state index in [2.05, 4.69) is 0 Å². The molecule has 0 aliphatic heterocycles. The molecular weight excluding hydrogens is 250 g/mol. The van der Waals surface area contributed by atoms with Crippen LogP contribution in [0.15, 0.2) is 41.5 Å². The van der Waals surface area contributed by atoms with Gasteiger partial charge in [0.05, 0.1) is 17.2 Å². The van der Waals surface area contributed by atoms with Gasteiger partial charge in [0.2, 0.25) is 0 Å². The Morgan fingerprint density at radius 3 is 2.58 bits per heavy atom. The Morgan fingerprint density at radius 1 is 1.32 bits per heavy atom. The van der Waals surface area contributed by atoms with Crippen molar-refractivity contribution in [1.29, 1.82) is 0 Å². The minimum absolute atomic E-state index is 0.224. The van der Waals surface area contributed by atoms with Gasteiger partial charge in [-0.3, -0.25) is 19.7 Å². The lowest BCUT2D eigenvalue weighted by Gasteiger charge is -2.05. The van der Waals surface area contributed by atoms with Crippen LogP contribution in [0.25, 0.3) is 0 Å². The molecule has 0 atom stereocenters. The van der Waals surface area contributed by atoms with E-state index in [1.54, 1.807) is 29.9 Å². The molecule has 0 saturated heterocycles. The molecule has 7 heteroatoms. The third-order valence-corrected chi connectivity index (χ3v) is 2.74. The van der Waals surface area contributed by atoms with E-state index in [-0.39, 0.29) is 12.3 Å². The molecule has 0 amide bonds. The SMILES string of the molecule is Cn1cccc1C(=O)Cn1cccc([N+](=O)[O-])c1=O. The molecule has 0 bridgehead atoms. The lowest BCUT2D eigenvalue weighted by Crippen LogP contribution is -2.26. The fourth-order valence-corrected chi connectivity index (χ4v) is 1.77. The van der Waals surface area contributed by atoms with Crippen molar-refractivity contribution in [3.8, 4) is 0 Å². The summed E-state index contributed by atoms with van der Waals surface area (Å²) in [6, 6.07) is 5.83. The van der Waals surface area contributed by atoms with Gasteiger partial charge in [-0.1, -0.05) is 0 Å². The topological polar surface area (TPSA) is 87.1 Å². The molecular formula is C12H11N3O4. The molecule has 0 aliphatic carbocycles. The maximum absolute atomic E-state index is 12.0. The fraction of sp³-hybridized carbons (Fsp3) is 0.167. The molecule has 0 saturated carbocycles. The van der Waals surface area contributed by atoms with Gasteiger partial charge in [-0.25, -0.2) is 0 Å². The number of aryl methyl sites for hydroxylation is 1. The highest BCUT2D eigenvalue weighted by molar-refractivity contribution is 5.94. The van der Waals surface area contributed by atoms with E-state index >= 15 is 0 Å². The summed E-state index contributed by atoms with van der Waals surface area (Å²) in [5.41, 5.74) is -0.879. The summed E-state index contributed by atoms with van der Waals surface area (Å²) in [4.78, 5) is 33.6. The first-order valence-corrected chi connectivity index (χ1v) is 5.49. The monoisotopic (exact) mass is 261 g/mol. The Labute approximate surface area is 107 Å². The molecule has 19 heavy (non-hydrogen) atoms. The number of nitro groups is 1. The molecule has 2 aromatic heterocycles. The zero-order valence-corrected chi connectivity index (χ0v) is 10.1. The number of Topliss-reactive ketones (excluding diaryl/α,β-unsaturated/α-hetero) is 1. The van der Waals surface area contributed by atoms with Crippen molar-refractivity contribution in [3.05, 3.63) is 62.8 Å². The maximum Gasteiger partial charge on any atom is 0.334 e. The van der Waals surface area contributed by atoms with Crippen LogP contribution in [0.4, 0.5) is 5.69 Å². The van der Waals surface area contributed by atoms with Crippen LogP contribution in [-0.2, 0) is 13.6 Å². The number of pyridine rings is 1. The first kappa shape index (κ1) is 12.7. The minimum atomic E-state index is -0.782. The number of hydrogen-bond acceptors (Lipinski definition) is 4. The quantitative estimate of drug-likeness (QED) is 0.466. The van der Waals surface area contributed by atoms with Gasteiger partial charge in [0, 0.05) is 25.5 Å². The summed E-state index contributed by atoms with van der Waals surface area (Å²) in [6.45, 7) is -0.224. The third kappa shape index (κ3) is 2.44. The lowest BCUT2D eigenvalue weighted by atomic mass is 10.2. The standard InChI is InChI=1S/C12H11N3O4/c1-13-6-2-4-9(13)11(16)8-14-7-3-5-10(12(14)17)15(18)19/h2-7H,8H2,1H3. The first-order chi connectivity index (χ1) is 9.00. The lowest BCUT2D eigenvalue weighted by molar-refractivity contribution is -0.386. The second kappa shape index (κ2) is 4.89. The van der Waals surface area contributed by atoms with Gasteiger partial charge < -0.3 is 9.13 Å². The average Bonchev–Trinajstić information content (AvgIpc) is 2.77. The van der Waals surface area contributed by atoms with Crippen LogP contribution in [0.3, 0.4) is 0 Å². The van der Waals surface area contributed by atoms with Crippen molar-refractivity contribution in [3.63, 3.8) is 0 Å². The number of ketones is 1. The number of hydrogen-bond donors (Lipinski definition) is 0. The summed E-state index contributed by atoms with van der Waals surface area (Å²) < 4.78 is 2.66. The van der Waals surface area contributed by atoms with Crippen LogP contribution in [0.2, 0.25) is 0 Å². The van der Waals surface area contributed by atoms with E-state index in [9.17, 15) is 19.7 Å². The van der Waals surface area contributed by atoms with Gasteiger partial charge in [0.25, 0.3) is 0 Å². The van der Waals surface area contributed by atoms with Crippen molar-refractivity contribution in [2.24, 2.45) is 7.05 Å². The van der Waals surface area contributed by atoms with Gasteiger partial charge in [-0.05, 0) is 18.2 Å². The maximum atomic E-state index is 12.0. The summed E-state index contributed by atoms with van der Waals surface area (Å²) in [5, 5.41) is 10.6. The molecule has 0 aromatic carbocycles. The highest BCUT2D eigenvalue weighted by Crippen LogP contribution is 2.05. The number of nitrogens with zero attached hydrogens (tertiary/aromatic N) is 3. The van der Waals surface area contributed by atoms with Gasteiger partial charge >= 0.3 is 11.2 Å². The van der Waals surface area contributed by atoms with E-state index in [1.165, 1.54) is 12.3 Å². The molecule has 0 aliphatic rings. The Morgan fingerprint density at radius 2 is 2.00 bits per heavy atom. The molecule has 0 unspecified atom stereocenters. The van der Waals surface area contributed by atoms with E-state index in [0.717, 1.165) is 10.6 Å². The van der Waals surface area contributed by atoms with Crippen molar-refractivity contribution in [2.75, 3.05) is 0 Å². The molecule has 2 aromatic rings.